The second kappa shape index (κ2) is 6.32. The van der Waals surface area contributed by atoms with E-state index in [1.165, 1.54) is 31.5 Å². The molecule has 2 rings (SSSR count). The van der Waals surface area contributed by atoms with E-state index in [1.807, 2.05) is 7.05 Å². The number of likely N-dealkylation sites (N-methyl/N-ethyl adjacent to an activating group) is 1. The highest BCUT2D eigenvalue weighted by molar-refractivity contribution is 5.27. The molecule has 1 heterocycles. The second-order valence-electron chi connectivity index (χ2n) is 5.32. The standard InChI is InChI=1S/C15H24N2O/c1-16-11-15(18)14-5-3-12(4-6-14)13-7-9-17(2)10-8-13/h3-6,13,15-16,18H,7-11H2,1-2H3. The summed E-state index contributed by atoms with van der Waals surface area (Å²) in [5.41, 5.74) is 2.42. The van der Waals surface area contributed by atoms with Crippen LogP contribution in [0, 0.1) is 0 Å². The highest BCUT2D eigenvalue weighted by Crippen LogP contribution is 2.28. The molecule has 3 heteroatoms. The number of piperidine rings is 1. The highest BCUT2D eigenvalue weighted by Gasteiger charge is 2.18. The summed E-state index contributed by atoms with van der Waals surface area (Å²) in [5.74, 6) is 0.691. The van der Waals surface area contributed by atoms with Gasteiger partial charge in [0.05, 0.1) is 6.10 Å². The van der Waals surface area contributed by atoms with Gasteiger partial charge in [-0.1, -0.05) is 24.3 Å². The zero-order valence-corrected chi connectivity index (χ0v) is 11.4. The van der Waals surface area contributed by atoms with Gasteiger partial charge in [-0.2, -0.15) is 0 Å². The average molecular weight is 248 g/mol. The van der Waals surface area contributed by atoms with Crippen molar-refractivity contribution in [3.8, 4) is 0 Å². The van der Waals surface area contributed by atoms with Crippen LogP contribution in [-0.4, -0.2) is 43.7 Å². The summed E-state index contributed by atoms with van der Waals surface area (Å²) < 4.78 is 0. The Kier molecular flexibility index (Phi) is 4.75. The topological polar surface area (TPSA) is 35.5 Å². The van der Waals surface area contributed by atoms with Crippen molar-refractivity contribution in [3.63, 3.8) is 0 Å². The van der Waals surface area contributed by atoms with Gasteiger partial charge in [-0.25, -0.2) is 0 Å². The first-order chi connectivity index (χ1) is 8.70. The number of nitrogens with one attached hydrogen (secondary N) is 1. The van der Waals surface area contributed by atoms with E-state index in [2.05, 4.69) is 41.5 Å². The van der Waals surface area contributed by atoms with Crippen LogP contribution in [0.5, 0.6) is 0 Å². The lowest BCUT2D eigenvalue weighted by molar-refractivity contribution is 0.177. The van der Waals surface area contributed by atoms with E-state index in [9.17, 15) is 5.11 Å². The van der Waals surface area contributed by atoms with Gasteiger partial charge in [-0.3, -0.25) is 0 Å². The highest BCUT2D eigenvalue weighted by atomic mass is 16.3. The lowest BCUT2D eigenvalue weighted by Crippen LogP contribution is -2.29. The molecule has 1 atom stereocenters. The summed E-state index contributed by atoms with van der Waals surface area (Å²) in [7, 11) is 4.05. The fourth-order valence-corrected chi connectivity index (χ4v) is 2.64. The van der Waals surface area contributed by atoms with Crippen molar-refractivity contribution in [3.05, 3.63) is 35.4 Å². The van der Waals surface area contributed by atoms with E-state index in [0.29, 0.717) is 12.5 Å². The minimum Gasteiger partial charge on any atom is -0.387 e. The van der Waals surface area contributed by atoms with E-state index < -0.39 is 6.10 Å². The van der Waals surface area contributed by atoms with Gasteiger partial charge in [0, 0.05) is 6.54 Å². The molecule has 0 bridgehead atoms. The van der Waals surface area contributed by atoms with Crippen molar-refractivity contribution in [2.45, 2.75) is 24.9 Å². The van der Waals surface area contributed by atoms with E-state index in [0.717, 1.165) is 5.56 Å². The Balaban J connectivity index is 1.99. The zero-order valence-electron chi connectivity index (χ0n) is 11.4. The van der Waals surface area contributed by atoms with Crippen molar-refractivity contribution < 1.29 is 5.11 Å². The van der Waals surface area contributed by atoms with Gasteiger partial charge in [0.15, 0.2) is 0 Å². The van der Waals surface area contributed by atoms with Crippen LogP contribution in [0.25, 0.3) is 0 Å². The summed E-state index contributed by atoms with van der Waals surface area (Å²) in [5, 5.41) is 12.9. The molecule has 2 N–H and O–H groups in total. The molecule has 1 aromatic rings. The Hall–Kier alpha value is -0.900. The number of aliphatic hydroxyl groups excluding tert-OH is 1. The molecule has 0 radical (unpaired) electrons. The van der Waals surface area contributed by atoms with Crippen LogP contribution in [0.1, 0.15) is 36.0 Å². The molecule has 1 aliphatic heterocycles. The van der Waals surface area contributed by atoms with Gasteiger partial charge in [-0.05, 0) is 57.1 Å². The molecule has 1 saturated heterocycles. The van der Waals surface area contributed by atoms with Crippen molar-refractivity contribution in [2.24, 2.45) is 0 Å². The number of hydrogen-bond donors (Lipinski definition) is 2. The number of benzene rings is 1. The monoisotopic (exact) mass is 248 g/mol. The number of nitrogens with zero attached hydrogens (tertiary/aromatic N) is 1. The van der Waals surface area contributed by atoms with Gasteiger partial charge >= 0.3 is 0 Å². The van der Waals surface area contributed by atoms with Gasteiger partial charge < -0.3 is 15.3 Å². The van der Waals surface area contributed by atoms with Crippen molar-refractivity contribution >= 4 is 0 Å². The van der Waals surface area contributed by atoms with E-state index in [4.69, 9.17) is 0 Å². The van der Waals surface area contributed by atoms with Crippen LogP contribution >= 0.6 is 0 Å². The molecule has 0 amide bonds. The van der Waals surface area contributed by atoms with Crippen LogP contribution < -0.4 is 5.32 Å². The summed E-state index contributed by atoms with van der Waals surface area (Å²) in [6.07, 6.45) is 2.09. The largest absolute Gasteiger partial charge is 0.387 e. The Morgan fingerprint density at radius 2 is 1.89 bits per heavy atom. The predicted octanol–water partition coefficient (Wildman–Crippen LogP) is 1.75. The second-order valence-corrected chi connectivity index (χ2v) is 5.32. The number of rotatable bonds is 4. The molecule has 3 nitrogen and oxygen atoms in total. The molecule has 100 valence electrons. The molecule has 1 unspecified atom stereocenters. The molecule has 18 heavy (non-hydrogen) atoms. The van der Waals surface area contributed by atoms with Crippen LogP contribution in [-0.2, 0) is 0 Å². The molecular weight excluding hydrogens is 224 g/mol. The van der Waals surface area contributed by atoms with Gasteiger partial charge in [0.2, 0.25) is 0 Å². The van der Waals surface area contributed by atoms with Crippen molar-refractivity contribution in [2.75, 3.05) is 33.7 Å². The molecular formula is C15H24N2O. The van der Waals surface area contributed by atoms with Crippen molar-refractivity contribution in [1.29, 1.82) is 0 Å². The number of likely N-dealkylation sites (tertiary alicyclic amines) is 1. The van der Waals surface area contributed by atoms with Crippen LogP contribution in [0.4, 0.5) is 0 Å². The zero-order chi connectivity index (χ0) is 13.0. The molecule has 1 aliphatic rings. The number of hydrogen-bond acceptors (Lipinski definition) is 3. The first-order valence-corrected chi connectivity index (χ1v) is 6.81. The third-order valence-corrected chi connectivity index (χ3v) is 3.91. The van der Waals surface area contributed by atoms with Gasteiger partial charge in [0.1, 0.15) is 0 Å². The first kappa shape index (κ1) is 13.5. The van der Waals surface area contributed by atoms with Crippen LogP contribution in [0.15, 0.2) is 24.3 Å². The molecule has 0 aliphatic carbocycles. The normalized spacial score (nSPS) is 19.9. The molecule has 1 aromatic carbocycles. The Morgan fingerprint density at radius 1 is 1.28 bits per heavy atom. The lowest BCUT2D eigenvalue weighted by Gasteiger charge is -2.29. The molecule has 0 saturated carbocycles. The first-order valence-electron chi connectivity index (χ1n) is 6.81. The minimum absolute atomic E-state index is 0.401. The van der Waals surface area contributed by atoms with Gasteiger partial charge in [0.25, 0.3) is 0 Å². The summed E-state index contributed by atoms with van der Waals surface area (Å²) >= 11 is 0. The fraction of sp³-hybridized carbons (Fsp3) is 0.600. The Labute approximate surface area is 110 Å². The average Bonchev–Trinajstić information content (AvgIpc) is 2.40. The van der Waals surface area contributed by atoms with Crippen molar-refractivity contribution in [1.82, 2.24) is 10.2 Å². The third kappa shape index (κ3) is 3.31. The summed E-state index contributed by atoms with van der Waals surface area (Å²) in [6, 6.07) is 8.50. The van der Waals surface area contributed by atoms with E-state index >= 15 is 0 Å². The van der Waals surface area contributed by atoms with E-state index in [1.54, 1.807) is 0 Å². The summed E-state index contributed by atoms with van der Waals surface area (Å²) in [6.45, 7) is 2.98. The minimum atomic E-state index is -0.401. The predicted molar refractivity (Wildman–Crippen MR) is 74.8 cm³/mol. The summed E-state index contributed by atoms with van der Waals surface area (Å²) in [4.78, 5) is 2.39. The molecule has 0 spiro atoms. The quantitative estimate of drug-likeness (QED) is 0.852. The smallest absolute Gasteiger partial charge is 0.0914 e. The molecule has 1 fully saturated rings. The maximum Gasteiger partial charge on any atom is 0.0914 e. The Morgan fingerprint density at radius 3 is 2.44 bits per heavy atom. The number of aliphatic hydroxyl groups is 1. The SMILES string of the molecule is CNCC(O)c1ccc(C2CCN(C)CC2)cc1. The van der Waals surface area contributed by atoms with E-state index in [-0.39, 0.29) is 0 Å². The maximum absolute atomic E-state index is 9.89. The Bertz CT molecular complexity index is 355. The lowest BCUT2D eigenvalue weighted by atomic mass is 9.89. The third-order valence-electron chi connectivity index (χ3n) is 3.91. The maximum atomic E-state index is 9.89. The fourth-order valence-electron chi connectivity index (χ4n) is 2.64. The van der Waals surface area contributed by atoms with Crippen LogP contribution in [0.3, 0.4) is 0 Å². The molecule has 0 aromatic heterocycles. The van der Waals surface area contributed by atoms with Gasteiger partial charge in [-0.15, -0.1) is 0 Å². The van der Waals surface area contributed by atoms with Crippen LogP contribution in [0.2, 0.25) is 0 Å².